The average molecular weight is 357 g/mol. The average Bonchev–Trinajstić information content (AvgIpc) is 3.14. The standard InChI is InChI=1S/C18H19N3O3S/c1-11(2)19-16(22)10-24-18(23)15-9-14-12(3)20-21(17(14)25-15)13-7-5-4-6-8-13/h4-9,11H,10H2,1-3H3,(H,19,22). The molecule has 3 aromatic rings. The fraction of sp³-hybridized carbons (Fsp3) is 0.278. The van der Waals surface area contributed by atoms with Gasteiger partial charge in [-0.1, -0.05) is 18.2 Å². The lowest BCUT2D eigenvalue weighted by molar-refractivity contribution is -0.124. The van der Waals surface area contributed by atoms with Gasteiger partial charge in [-0.3, -0.25) is 4.79 Å². The third-order valence-electron chi connectivity index (χ3n) is 3.53. The van der Waals surface area contributed by atoms with E-state index in [9.17, 15) is 9.59 Å². The number of ether oxygens (including phenoxy) is 1. The second-order valence-electron chi connectivity index (χ2n) is 5.96. The molecule has 2 heterocycles. The summed E-state index contributed by atoms with van der Waals surface area (Å²) in [5.74, 6) is -0.810. The molecular weight excluding hydrogens is 338 g/mol. The molecule has 0 fully saturated rings. The highest BCUT2D eigenvalue weighted by Crippen LogP contribution is 2.30. The first kappa shape index (κ1) is 17.2. The van der Waals surface area contributed by atoms with E-state index in [4.69, 9.17) is 4.74 Å². The van der Waals surface area contributed by atoms with Crippen LogP contribution < -0.4 is 5.32 Å². The Morgan fingerprint density at radius 1 is 1.28 bits per heavy atom. The fourth-order valence-corrected chi connectivity index (χ4v) is 3.53. The zero-order valence-corrected chi connectivity index (χ0v) is 15.1. The summed E-state index contributed by atoms with van der Waals surface area (Å²) in [7, 11) is 0. The molecule has 0 spiro atoms. The van der Waals surface area contributed by atoms with Crippen LogP contribution in [0.1, 0.15) is 29.2 Å². The van der Waals surface area contributed by atoms with Gasteiger partial charge in [0.1, 0.15) is 9.71 Å². The number of aryl methyl sites for hydroxylation is 1. The normalized spacial score (nSPS) is 11.0. The number of amides is 1. The van der Waals surface area contributed by atoms with Gasteiger partial charge < -0.3 is 10.1 Å². The predicted octanol–water partition coefficient (Wildman–Crippen LogP) is 3.08. The van der Waals surface area contributed by atoms with E-state index in [0.29, 0.717) is 4.88 Å². The van der Waals surface area contributed by atoms with E-state index in [1.54, 1.807) is 6.07 Å². The van der Waals surface area contributed by atoms with Crippen molar-refractivity contribution in [3.8, 4) is 5.69 Å². The van der Waals surface area contributed by atoms with E-state index in [2.05, 4.69) is 10.4 Å². The Balaban J connectivity index is 1.82. The Labute approximate surface area is 149 Å². The molecule has 0 saturated carbocycles. The number of nitrogens with one attached hydrogen (secondary N) is 1. The number of esters is 1. The van der Waals surface area contributed by atoms with Crippen LogP contribution in [0.15, 0.2) is 36.4 Å². The Morgan fingerprint density at radius 3 is 2.68 bits per heavy atom. The second kappa shape index (κ2) is 7.06. The molecular formula is C18H19N3O3S. The second-order valence-corrected chi connectivity index (χ2v) is 6.99. The Bertz CT molecular complexity index is 912. The number of hydrogen-bond acceptors (Lipinski definition) is 5. The summed E-state index contributed by atoms with van der Waals surface area (Å²) < 4.78 is 6.92. The maximum atomic E-state index is 12.2. The van der Waals surface area contributed by atoms with Crippen molar-refractivity contribution in [3.05, 3.63) is 47.0 Å². The Hall–Kier alpha value is -2.67. The summed E-state index contributed by atoms with van der Waals surface area (Å²) in [6.07, 6.45) is 0. The maximum absolute atomic E-state index is 12.2. The van der Waals surface area contributed by atoms with E-state index >= 15 is 0 Å². The van der Waals surface area contributed by atoms with Crippen LogP contribution in [0.5, 0.6) is 0 Å². The van der Waals surface area contributed by atoms with Crippen LogP contribution in [-0.4, -0.2) is 34.3 Å². The minimum absolute atomic E-state index is 0.00929. The van der Waals surface area contributed by atoms with Crippen molar-refractivity contribution in [3.63, 3.8) is 0 Å². The molecule has 7 heteroatoms. The lowest BCUT2D eigenvalue weighted by atomic mass is 10.3. The molecule has 0 saturated heterocycles. The van der Waals surface area contributed by atoms with E-state index < -0.39 is 5.97 Å². The molecule has 1 N–H and O–H groups in total. The summed E-state index contributed by atoms with van der Waals surface area (Å²) in [5.41, 5.74) is 1.77. The number of benzene rings is 1. The van der Waals surface area contributed by atoms with Crippen molar-refractivity contribution in [2.45, 2.75) is 26.8 Å². The van der Waals surface area contributed by atoms with Gasteiger partial charge in [-0.2, -0.15) is 5.10 Å². The quantitative estimate of drug-likeness (QED) is 0.712. The number of fused-ring (bicyclic) bond motifs is 1. The molecule has 1 amide bonds. The molecule has 25 heavy (non-hydrogen) atoms. The largest absolute Gasteiger partial charge is 0.451 e. The van der Waals surface area contributed by atoms with Crippen LogP contribution in [-0.2, 0) is 9.53 Å². The zero-order valence-electron chi connectivity index (χ0n) is 14.3. The smallest absolute Gasteiger partial charge is 0.348 e. The van der Waals surface area contributed by atoms with Crippen LogP contribution >= 0.6 is 11.3 Å². The lowest BCUT2D eigenvalue weighted by Crippen LogP contribution is -2.33. The van der Waals surface area contributed by atoms with Gasteiger partial charge in [0, 0.05) is 11.4 Å². The van der Waals surface area contributed by atoms with Gasteiger partial charge in [0.05, 0.1) is 11.4 Å². The van der Waals surface area contributed by atoms with Gasteiger partial charge in [-0.05, 0) is 39.0 Å². The highest BCUT2D eigenvalue weighted by Gasteiger charge is 2.19. The molecule has 0 aliphatic carbocycles. The molecule has 2 aromatic heterocycles. The van der Waals surface area contributed by atoms with Crippen molar-refractivity contribution in [1.29, 1.82) is 0 Å². The van der Waals surface area contributed by atoms with Crippen molar-refractivity contribution < 1.29 is 14.3 Å². The lowest BCUT2D eigenvalue weighted by Gasteiger charge is -2.08. The number of aromatic nitrogens is 2. The van der Waals surface area contributed by atoms with Crippen LogP contribution in [0.4, 0.5) is 0 Å². The summed E-state index contributed by atoms with van der Waals surface area (Å²) in [4.78, 5) is 25.2. The molecule has 130 valence electrons. The van der Waals surface area contributed by atoms with Crippen LogP contribution in [0.2, 0.25) is 0 Å². The van der Waals surface area contributed by atoms with Crippen LogP contribution in [0, 0.1) is 6.92 Å². The van der Waals surface area contributed by atoms with Crippen molar-refractivity contribution >= 4 is 33.4 Å². The van der Waals surface area contributed by atoms with Crippen molar-refractivity contribution in [1.82, 2.24) is 15.1 Å². The van der Waals surface area contributed by atoms with Gasteiger partial charge in [0.2, 0.25) is 0 Å². The highest BCUT2D eigenvalue weighted by atomic mass is 32.1. The predicted molar refractivity (Wildman–Crippen MR) is 97.2 cm³/mol. The third kappa shape index (κ3) is 3.71. The van der Waals surface area contributed by atoms with Gasteiger partial charge >= 0.3 is 5.97 Å². The maximum Gasteiger partial charge on any atom is 0.348 e. The molecule has 1 aromatic carbocycles. The fourth-order valence-electron chi connectivity index (χ4n) is 2.46. The summed E-state index contributed by atoms with van der Waals surface area (Å²) >= 11 is 1.31. The first-order valence-corrected chi connectivity index (χ1v) is 8.78. The zero-order chi connectivity index (χ0) is 18.0. The van der Waals surface area contributed by atoms with E-state index in [1.165, 1.54) is 11.3 Å². The number of carbonyl (C=O) groups is 2. The Kier molecular flexibility index (Phi) is 4.85. The number of carbonyl (C=O) groups excluding carboxylic acids is 2. The molecule has 0 bridgehead atoms. The minimum Gasteiger partial charge on any atom is -0.451 e. The molecule has 0 atom stereocenters. The number of para-hydroxylation sites is 1. The molecule has 0 unspecified atom stereocenters. The van der Waals surface area contributed by atoms with Crippen LogP contribution in [0.25, 0.3) is 15.9 Å². The monoisotopic (exact) mass is 357 g/mol. The Morgan fingerprint density at radius 2 is 2.00 bits per heavy atom. The van der Waals surface area contributed by atoms with Crippen molar-refractivity contribution in [2.24, 2.45) is 0 Å². The van der Waals surface area contributed by atoms with E-state index in [1.807, 2.05) is 55.8 Å². The van der Waals surface area contributed by atoms with Gasteiger partial charge in [0.15, 0.2) is 6.61 Å². The first-order chi connectivity index (χ1) is 12.0. The first-order valence-electron chi connectivity index (χ1n) is 7.97. The SMILES string of the molecule is Cc1nn(-c2ccccc2)c2sc(C(=O)OCC(=O)NC(C)C)cc12. The van der Waals surface area contributed by atoms with Gasteiger partial charge in [-0.25, -0.2) is 9.48 Å². The topological polar surface area (TPSA) is 73.2 Å². The van der Waals surface area contributed by atoms with Crippen LogP contribution in [0.3, 0.4) is 0 Å². The highest BCUT2D eigenvalue weighted by molar-refractivity contribution is 7.20. The van der Waals surface area contributed by atoms with E-state index in [-0.39, 0.29) is 18.6 Å². The molecule has 0 aliphatic rings. The van der Waals surface area contributed by atoms with Gasteiger partial charge in [0.25, 0.3) is 5.91 Å². The van der Waals surface area contributed by atoms with Crippen molar-refractivity contribution in [2.75, 3.05) is 6.61 Å². The van der Waals surface area contributed by atoms with Gasteiger partial charge in [-0.15, -0.1) is 11.3 Å². The number of thiophene rings is 1. The third-order valence-corrected chi connectivity index (χ3v) is 4.62. The minimum atomic E-state index is -0.501. The molecule has 0 radical (unpaired) electrons. The molecule has 3 rings (SSSR count). The summed E-state index contributed by atoms with van der Waals surface area (Å²) in [6, 6.07) is 11.5. The number of rotatable bonds is 5. The number of nitrogens with zero attached hydrogens (tertiary/aromatic N) is 2. The summed E-state index contributed by atoms with van der Waals surface area (Å²) in [6.45, 7) is 5.32. The molecule has 6 nitrogen and oxygen atoms in total. The molecule has 0 aliphatic heterocycles. The number of hydrogen-bond donors (Lipinski definition) is 1. The summed E-state index contributed by atoms with van der Waals surface area (Å²) in [5, 5.41) is 8.13. The van der Waals surface area contributed by atoms with E-state index in [0.717, 1.165) is 21.6 Å².